The normalized spacial score (nSPS) is 23.8. The smallest absolute Gasteiger partial charge is 0.0715 e. The Balaban J connectivity index is 2.56. The van der Waals surface area contributed by atoms with Crippen molar-refractivity contribution in [2.75, 3.05) is 44.8 Å². The summed E-state index contributed by atoms with van der Waals surface area (Å²) in [6.45, 7) is 2.04. The number of aliphatic hydroxyl groups excluding tert-OH is 1. The Kier molecular flexibility index (Phi) is 3.49. The van der Waals surface area contributed by atoms with Crippen molar-refractivity contribution in [3.05, 3.63) is 0 Å². The average molecular weight is 192 g/mol. The Labute approximate surface area is 73.8 Å². The second-order valence-electron chi connectivity index (χ2n) is 3.06. The van der Waals surface area contributed by atoms with Crippen LogP contribution in [0.25, 0.3) is 0 Å². The highest BCUT2D eigenvalue weighted by Crippen LogP contribution is 2.04. The number of hydrogen-bond donors (Lipinski definition) is 1. The van der Waals surface area contributed by atoms with E-state index in [1.165, 1.54) is 0 Å². The van der Waals surface area contributed by atoms with Crippen LogP contribution in [-0.4, -0.2) is 59.0 Å². The summed E-state index contributed by atoms with van der Waals surface area (Å²) in [6.07, 6.45) is 0. The molecule has 4 nitrogen and oxygen atoms in total. The quantitative estimate of drug-likeness (QED) is 0.635. The lowest BCUT2D eigenvalue weighted by molar-refractivity contribution is 0.307. The molecule has 0 amide bonds. The van der Waals surface area contributed by atoms with Crippen LogP contribution in [0.1, 0.15) is 0 Å². The molecule has 72 valence electrons. The van der Waals surface area contributed by atoms with Gasteiger partial charge in [-0.1, -0.05) is 0 Å². The summed E-state index contributed by atoms with van der Waals surface area (Å²) < 4.78 is 15.8. The molecule has 0 unspecified atom stereocenters. The van der Waals surface area contributed by atoms with Gasteiger partial charge in [0.25, 0.3) is 0 Å². The van der Waals surface area contributed by atoms with Crippen molar-refractivity contribution in [1.82, 2.24) is 4.90 Å². The molecule has 0 saturated carbocycles. The summed E-state index contributed by atoms with van der Waals surface area (Å²) in [5.74, 6) is 1.31. The molecule has 0 radical (unpaired) electrons. The molecule has 5 heteroatoms. The van der Waals surface area contributed by atoms with Crippen LogP contribution in [0.5, 0.6) is 0 Å². The number of hydrogen-bond acceptors (Lipinski definition) is 4. The molecule has 1 rings (SSSR count). The van der Waals surface area contributed by atoms with Crippen LogP contribution in [0, 0.1) is 0 Å². The van der Waals surface area contributed by atoms with Crippen molar-refractivity contribution in [3.8, 4) is 0 Å². The van der Waals surface area contributed by atoms with Gasteiger partial charge >= 0.3 is 0 Å². The van der Waals surface area contributed by atoms with Crippen LogP contribution in [-0.2, 0) is 9.73 Å². The first-order chi connectivity index (χ1) is 5.66. The van der Waals surface area contributed by atoms with Gasteiger partial charge < -0.3 is 10.0 Å². The van der Waals surface area contributed by atoms with Gasteiger partial charge in [-0.25, -0.2) is 8.57 Å². The maximum absolute atomic E-state index is 11.8. The van der Waals surface area contributed by atoms with Gasteiger partial charge in [0.2, 0.25) is 0 Å². The molecule has 0 spiro atoms. The predicted molar refractivity (Wildman–Crippen MR) is 49.8 cm³/mol. The monoisotopic (exact) mass is 192 g/mol. The third-order valence-electron chi connectivity index (χ3n) is 2.01. The average Bonchev–Trinajstić information content (AvgIpc) is 2.08. The van der Waals surface area contributed by atoms with Gasteiger partial charge in [-0.3, -0.25) is 0 Å². The third kappa shape index (κ3) is 2.73. The van der Waals surface area contributed by atoms with Crippen LogP contribution in [0.4, 0.5) is 0 Å². The first-order valence-corrected chi connectivity index (χ1v) is 5.99. The van der Waals surface area contributed by atoms with Crippen molar-refractivity contribution in [3.63, 3.8) is 0 Å². The van der Waals surface area contributed by atoms with E-state index in [-0.39, 0.29) is 6.61 Å². The van der Waals surface area contributed by atoms with E-state index in [0.717, 1.165) is 13.1 Å². The molecule has 1 heterocycles. The summed E-state index contributed by atoms with van der Waals surface area (Å²) in [5.41, 5.74) is 0. The minimum absolute atomic E-state index is 0.00678. The van der Waals surface area contributed by atoms with Crippen molar-refractivity contribution < 1.29 is 9.32 Å². The topological polar surface area (TPSA) is 52.9 Å². The second kappa shape index (κ2) is 4.20. The van der Waals surface area contributed by atoms with Crippen LogP contribution in [0.2, 0.25) is 0 Å². The molecule has 0 bridgehead atoms. The fourth-order valence-corrected chi connectivity index (χ4v) is 3.22. The molecule has 1 aliphatic rings. The van der Waals surface area contributed by atoms with Crippen molar-refractivity contribution >= 4 is 9.73 Å². The van der Waals surface area contributed by atoms with E-state index in [2.05, 4.69) is 9.26 Å². The van der Waals surface area contributed by atoms with Crippen LogP contribution in [0.15, 0.2) is 4.36 Å². The summed E-state index contributed by atoms with van der Waals surface area (Å²) >= 11 is 0. The molecule has 1 saturated heterocycles. The van der Waals surface area contributed by atoms with Crippen LogP contribution in [0.3, 0.4) is 0 Å². The molecule has 0 aromatic carbocycles. The van der Waals surface area contributed by atoms with E-state index < -0.39 is 9.73 Å². The van der Waals surface area contributed by atoms with E-state index in [4.69, 9.17) is 5.11 Å². The minimum atomic E-state index is -1.96. The Hall–Kier alpha value is -0.130. The molecule has 1 aliphatic heterocycles. The number of nitrogens with zero attached hydrogens (tertiary/aromatic N) is 2. The zero-order valence-electron chi connectivity index (χ0n) is 7.40. The maximum atomic E-state index is 11.8. The lowest BCUT2D eigenvalue weighted by Gasteiger charge is -2.24. The number of aliphatic hydroxyl groups is 1. The largest absolute Gasteiger partial charge is 0.394 e. The van der Waals surface area contributed by atoms with E-state index >= 15 is 0 Å². The first-order valence-electron chi connectivity index (χ1n) is 4.14. The highest BCUT2D eigenvalue weighted by Gasteiger charge is 2.16. The Morgan fingerprint density at radius 1 is 1.50 bits per heavy atom. The van der Waals surface area contributed by atoms with Crippen molar-refractivity contribution in [2.24, 2.45) is 4.36 Å². The van der Waals surface area contributed by atoms with Gasteiger partial charge in [0, 0.05) is 34.3 Å². The van der Waals surface area contributed by atoms with Gasteiger partial charge in [0.15, 0.2) is 0 Å². The predicted octanol–water partition coefficient (Wildman–Crippen LogP) is -0.608. The van der Waals surface area contributed by atoms with Crippen LogP contribution >= 0.6 is 0 Å². The third-order valence-corrected chi connectivity index (χ3v) is 4.30. The lowest BCUT2D eigenvalue weighted by atomic mass is 10.6. The highest BCUT2D eigenvalue weighted by molar-refractivity contribution is 7.93. The summed E-state index contributed by atoms with van der Waals surface area (Å²) in [7, 11) is 0.0570. The van der Waals surface area contributed by atoms with E-state index in [1.807, 2.05) is 7.05 Å². The SMILES string of the molecule is CN1CCS(=O)(=NCCO)CC1. The van der Waals surface area contributed by atoms with Gasteiger partial charge in [0.1, 0.15) is 0 Å². The molecule has 0 aromatic rings. The molecule has 0 aliphatic carbocycles. The molecule has 0 aromatic heterocycles. The van der Waals surface area contributed by atoms with Crippen LogP contribution < -0.4 is 0 Å². The van der Waals surface area contributed by atoms with Gasteiger partial charge in [-0.2, -0.15) is 0 Å². The Morgan fingerprint density at radius 2 is 2.08 bits per heavy atom. The first kappa shape index (κ1) is 9.95. The molecular weight excluding hydrogens is 176 g/mol. The lowest BCUT2D eigenvalue weighted by Crippen LogP contribution is -2.37. The van der Waals surface area contributed by atoms with Gasteiger partial charge in [-0.15, -0.1) is 0 Å². The van der Waals surface area contributed by atoms with Crippen molar-refractivity contribution in [1.29, 1.82) is 0 Å². The summed E-state index contributed by atoms with van der Waals surface area (Å²) in [4.78, 5) is 2.15. The minimum Gasteiger partial charge on any atom is -0.394 e. The van der Waals surface area contributed by atoms with E-state index in [1.54, 1.807) is 0 Å². The summed E-state index contributed by atoms with van der Waals surface area (Å²) in [6, 6.07) is 0. The highest BCUT2D eigenvalue weighted by atomic mass is 32.2. The van der Waals surface area contributed by atoms with Gasteiger partial charge in [-0.05, 0) is 7.05 Å². The van der Waals surface area contributed by atoms with Gasteiger partial charge in [0.05, 0.1) is 13.2 Å². The zero-order valence-corrected chi connectivity index (χ0v) is 8.22. The Morgan fingerprint density at radius 3 is 2.58 bits per heavy atom. The number of rotatable bonds is 2. The molecule has 1 fully saturated rings. The standard InChI is InChI=1S/C7H16N2O2S/c1-9-3-6-12(11,7-4-9)8-2-5-10/h10H,2-7H2,1H3. The summed E-state index contributed by atoms with van der Waals surface area (Å²) in [5, 5.41) is 8.53. The molecule has 0 atom stereocenters. The maximum Gasteiger partial charge on any atom is 0.0715 e. The van der Waals surface area contributed by atoms with E-state index in [0.29, 0.717) is 18.1 Å². The fourth-order valence-electron chi connectivity index (χ4n) is 1.15. The fraction of sp³-hybridized carbons (Fsp3) is 1.00. The molecule has 12 heavy (non-hydrogen) atoms. The Bertz CT molecular complexity index is 232. The van der Waals surface area contributed by atoms with E-state index in [9.17, 15) is 4.21 Å². The second-order valence-corrected chi connectivity index (χ2v) is 5.68. The van der Waals surface area contributed by atoms with Crippen molar-refractivity contribution in [2.45, 2.75) is 0 Å². The molecule has 1 N–H and O–H groups in total. The zero-order chi connectivity index (χ0) is 9.03. The molecular formula is C7H16N2O2S.